The van der Waals surface area contributed by atoms with Gasteiger partial charge in [0.1, 0.15) is 30.9 Å². The van der Waals surface area contributed by atoms with Gasteiger partial charge in [-0.05, 0) is 42.0 Å². The maximum atomic E-state index is 14.6. The summed E-state index contributed by atoms with van der Waals surface area (Å²) in [6.45, 7) is 1.05. The average molecular weight is 450 g/mol. The molecule has 0 bridgehead atoms. The number of amides is 1. The van der Waals surface area contributed by atoms with Crippen LogP contribution in [0.2, 0.25) is 0 Å². The monoisotopic (exact) mass is 449 g/mol. The Labute approximate surface area is 188 Å². The van der Waals surface area contributed by atoms with Crippen LogP contribution in [-0.2, 0) is 7.05 Å². The normalized spacial score (nSPS) is 13.6. The van der Waals surface area contributed by atoms with Crippen molar-refractivity contribution in [2.75, 3.05) is 13.2 Å². The van der Waals surface area contributed by atoms with Crippen LogP contribution in [0.1, 0.15) is 27.1 Å². The third-order valence-electron chi connectivity index (χ3n) is 5.26. The number of benzene rings is 2. The van der Waals surface area contributed by atoms with E-state index in [-0.39, 0.29) is 5.91 Å². The molecule has 2 aromatic carbocycles. The Morgan fingerprint density at radius 1 is 1.12 bits per heavy atom. The zero-order valence-corrected chi connectivity index (χ0v) is 18.1. The zero-order chi connectivity index (χ0) is 22.1. The first-order chi connectivity index (χ1) is 15.6. The van der Waals surface area contributed by atoms with E-state index in [0.717, 1.165) is 16.2 Å². The van der Waals surface area contributed by atoms with Gasteiger partial charge in [-0.2, -0.15) is 0 Å². The first-order valence-electron chi connectivity index (χ1n) is 10.1. The van der Waals surface area contributed by atoms with Crippen molar-refractivity contribution in [3.05, 3.63) is 89.1 Å². The first kappa shape index (κ1) is 20.3. The molecule has 0 radical (unpaired) electrons. The van der Waals surface area contributed by atoms with Crippen LogP contribution in [0.15, 0.2) is 67.0 Å². The number of halogens is 1. The van der Waals surface area contributed by atoms with Crippen LogP contribution >= 0.6 is 11.3 Å². The minimum Gasteiger partial charge on any atom is -0.486 e. The number of hydrogen-bond acceptors (Lipinski definition) is 5. The Morgan fingerprint density at radius 3 is 2.72 bits per heavy atom. The van der Waals surface area contributed by atoms with E-state index in [2.05, 4.69) is 10.3 Å². The van der Waals surface area contributed by atoms with Gasteiger partial charge in [-0.3, -0.25) is 4.79 Å². The molecule has 32 heavy (non-hydrogen) atoms. The molecule has 0 saturated carbocycles. The van der Waals surface area contributed by atoms with Gasteiger partial charge in [0, 0.05) is 29.9 Å². The lowest BCUT2D eigenvalue weighted by Gasteiger charge is -2.19. The summed E-state index contributed by atoms with van der Waals surface area (Å²) in [6.07, 6.45) is 3.39. The van der Waals surface area contributed by atoms with E-state index in [4.69, 9.17) is 9.47 Å². The molecule has 1 unspecified atom stereocenters. The summed E-state index contributed by atoms with van der Waals surface area (Å²) in [4.78, 5) is 18.9. The topological polar surface area (TPSA) is 65.4 Å². The molecule has 3 heterocycles. The largest absolute Gasteiger partial charge is 0.486 e. The number of carbonyl (C=O) groups is 1. The summed E-state index contributed by atoms with van der Waals surface area (Å²) in [5, 5.41) is 2.95. The van der Waals surface area contributed by atoms with E-state index in [1.807, 2.05) is 31.3 Å². The van der Waals surface area contributed by atoms with E-state index in [1.165, 1.54) is 17.4 Å². The number of aryl methyl sites for hydroxylation is 1. The average Bonchev–Trinajstić information content (AvgIpc) is 3.47. The van der Waals surface area contributed by atoms with Crippen LogP contribution in [-0.4, -0.2) is 28.7 Å². The summed E-state index contributed by atoms with van der Waals surface area (Å²) >= 11 is 1.36. The van der Waals surface area contributed by atoms with Gasteiger partial charge in [-0.1, -0.05) is 18.2 Å². The molecular formula is C24H20FN3O3S. The third-order valence-corrected chi connectivity index (χ3v) is 6.40. The van der Waals surface area contributed by atoms with Gasteiger partial charge in [0.05, 0.1) is 4.88 Å². The molecule has 0 fully saturated rings. The minimum atomic E-state index is -0.719. The number of nitrogens with one attached hydrogen (secondary N) is 1. The van der Waals surface area contributed by atoms with Gasteiger partial charge in [-0.25, -0.2) is 9.37 Å². The Kier molecular flexibility index (Phi) is 5.36. The smallest absolute Gasteiger partial charge is 0.262 e. The molecule has 4 aromatic rings. The highest BCUT2D eigenvalue weighted by Crippen LogP contribution is 2.37. The predicted molar refractivity (Wildman–Crippen MR) is 120 cm³/mol. The molecule has 1 aliphatic rings. The van der Waals surface area contributed by atoms with Gasteiger partial charge in [0.2, 0.25) is 0 Å². The summed E-state index contributed by atoms with van der Waals surface area (Å²) in [5.41, 5.74) is 1.30. The van der Waals surface area contributed by atoms with Crippen molar-refractivity contribution < 1.29 is 18.7 Å². The van der Waals surface area contributed by atoms with Crippen LogP contribution in [0.25, 0.3) is 10.4 Å². The van der Waals surface area contributed by atoms with Crippen molar-refractivity contribution in [1.29, 1.82) is 0 Å². The van der Waals surface area contributed by atoms with Crippen molar-refractivity contribution in [1.82, 2.24) is 14.9 Å². The van der Waals surface area contributed by atoms with Crippen LogP contribution < -0.4 is 14.8 Å². The lowest BCUT2D eigenvalue weighted by atomic mass is 10.1. The van der Waals surface area contributed by atoms with Gasteiger partial charge >= 0.3 is 0 Å². The second-order valence-electron chi connectivity index (χ2n) is 7.35. The summed E-state index contributed by atoms with van der Waals surface area (Å²) in [5.74, 6) is 1.27. The first-order valence-corrected chi connectivity index (χ1v) is 10.9. The van der Waals surface area contributed by atoms with Crippen molar-refractivity contribution in [3.8, 4) is 21.9 Å². The van der Waals surface area contributed by atoms with E-state index in [1.54, 1.807) is 41.2 Å². The van der Waals surface area contributed by atoms with E-state index in [0.29, 0.717) is 35.2 Å². The predicted octanol–water partition coefficient (Wildman–Crippen LogP) is 4.58. The molecule has 162 valence electrons. The fourth-order valence-electron chi connectivity index (χ4n) is 3.66. The highest BCUT2D eigenvalue weighted by atomic mass is 32.1. The van der Waals surface area contributed by atoms with Gasteiger partial charge in [-0.15, -0.1) is 11.3 Å². The maximum Gasteiger partial charge on any atom is 0.262 e. The van der Waals surface area contributed by atoms with Crippen LogP contribution in [0.4, 0.5) is 4.39 Å². The number of thiophene rings is 1. The van der Waals surface area contributed by atoms with Crippen LogP contribution in [0.5, 0.6) is 11.5 Å². The highest BCUT2D eigenvalue weighted by molar-refractivity contribution is 7.17. The maximum absolute atomic E-state index is 14.6. The van der Waals surface area contributed by atoms with E-state index >= 15 is 0 Å². The van der Waals surface area contributed by atoms with Crippen molar-refractivity contribution in [2.45, 2.75) is 6.04 Å². The molecule has 1 N–H and O–H groups in total. The Morgan fingerprint density at radius 2 is 1.94 bits per heavy atom. The molecule has 1 amide bonds. The lowest BCUT2D eigenvalue weighted by Crippen LogP contribution is -2.31. The Bertz CT molecular complexity index is 1280. The fraction of sp³-hybridized carbons (Fsp3) is 0.167. The van der Waals surface area contributed by atoms with Crippen molar-refractivity contribution in [2.24, 2.45) is 7.05 Å². The lowest BCUT2D eigenvalue weighted by molar-refractivity contribution is 0.0944. The second kappa shape index (κ2) is 8.47. The van der Waals surface area contributed by atoms with Gasteiger partial charge in [0.25, 0.3) is 5.91 Å². The molecule has 5 rings (SSSR count). The minimum absolute atomic E-state index is 0.296. The van der Waals surface area contributed by atoms with Crippen LogP contribution in [0, 0.1) is 5.82 Å². The number of fused-ring (bicyclic) bond motifs is 1. The van der Waals surface area contributed by atoms with Gasteiger partial charge in [0.15, 0.2) is 11.5 Å². The molecule has 1 aliphatic heterocycles. The fourth-order valence-corrected chi connectivity index (χ4v) is 4.57. The standard InChI is InChI=1S/C24H20FN3O3S/c1-28-11-10-26-23(28)22(16-4-2-3-5-17(16)25)27-24(29)21-9-8-20(32-21)15-6-7-18-19(14-15)31-13-12-30-18/h2-11,14,22H,12-13H2,1H3,(H,27,29). The molecule has 0 saturated heterocycles. The van der Waals surface area contributed by atoms with Crippen molar-refractivity contribution >= 4 is 17.2 Å². The molecule has 0 aliphatic carbocycles. The molecule has 8 heteroatoms. The Hall–Kier alpha value is -3.65. The molecule has 1 atom stereocenters. The molecular weight excluding hydrogens is 429 g/mol. The SMILES string of the molecule is Cn1ccnc1C(NC(=O)c1ccc(-c2ccc3c(c2)OCCO3)s1)c1ccccc1F. The number of imidazole rings is 1. The summed E-state index contributed by atoms with van der Waals surface area (Å²) in [7, 11) is 1.81. The number of ether oxygens (including phenoxy) is 2. The molecule has 0 spiro atoms. The van der Waals surface area contributed by atoms with Crippen molar-refractivity contribution in [3.63, 3.8) is 0 Å². The van der Waals surface area contributed by atoms with E-state index in [9.17, 15) is 9.18 Å². The summed E-state index contributed by atoms with van der Waals surface area (Å²) < 4.78 is 27.6. The number of hydrogen-bond donors (Lipinski definition) is 1. The number of nitrogens with zero attached hydrogens (tertiary/aromatic N) is 2. The van der Waals surface area contributed by atoms with Crippen LogP contribution in [0.3, 0.4) is 0 Å². The molecule has 6 nitrogen and oxygen atoms in total. The second-order valence-corrected chi connectivity index (χ2v) is 8.43. The summed E-state index contributed by atoms with van der Waals surface area (Å²) in [6, 6.07) is 15.1. The number of carbonyl (C=O) groups excluding carboxylic acids is 1. The number of rotatable bonds is 5. The number of aromatic nitrogens is 2. The molecule has 2 aromatic heterocycles. The Balaban J connectivity index is 1.42. The van der Waals surface area contributed by atoms with Gasteiger partial charge < -0.3 is 19.4 Å². The van der Waals surface area contributed by atoms with E-state index < -0.39 is 11.9 Å². The quantitative estimate of drug-likeness (QED) is 0.485. The highest BCUT2D eigenvalue weighted by Gasteiger charge is 2.25. The third kappa shape index (κ3) is 3.85. The zero-order valence-electron chi connectivity index (χ0n) is 17.2.